The van der Waals surface area contributed by atoms with Crippen molar-refractivity contribution in [3.63, 3.8) is 0 Å². The van der Waals surface area contributed by atoms with Gasteiger partial charge in [0.05, 0.1) is 5.52 Å². The van der Waals surface area contributed by atoms with Gasteiger partial charge in [-0.3, -0.25) is 0 Å². The summed E-state index contributed by atoms with van der Waals surface area (Å²) in [6.45, 7) is 6.11. The van der Waals surface area contributed by atoms with Crippen LogP contribution in [-0.4, -0.2) is 9.55 Å². The van der Waals surface area contributed by atoms with Crippen molar-refractivity contribution in [1.29, 1.82) is 0 Å². The zero-order valence-corrected chi connectivity index (χ0v) is 11.4. The van der Waals surface area contributed by atoms with E-state index in [2.05, 4.69) is 4.98 Å². The number of nitrogens with one attached hydrogen (secondary N) is 1. The summed E-state index contributed by atoms with van der Waals surface area (Å²) in [6, 6.07) is 2.69. The Morgan fingerprint density at radius 3 is 2.56 bits per heavy atom. The summed E-state index contributed by atoms with van der Waals surface area (Å²) in [5.41, 5.74) is 0.776. The highest BCUT2D eigenvalue weighted by molar-refractivity contribution is 7.71. The fraction of sp³-hybridized carbons (Fsp3) is 0.462. The molecule has 1 aromatic carbocycles. The van der Waals surface area contributed by atoms with Gasteiger partial charge in [-0.05, 0) is 36.7 Å². The van der Waals surface area contributed by atoms with E-state index >= 15 is 0 Å². The summed E-state index contributed by atoms with van der Waals surface area (Å²) in [5, 5.41) is 0. The standard InChI is InChI=1S/C13H16F2N2S/c1-4-10(7(2)3)17-12-9(16-13(17)18)6-5-8(14)11(12)15/h5-7,10H,4H2,1-3H3,(H,16,18). The molecular weight excluding hydrogens is 254 g/mol. The van der Waals surface area contributed by atoms with Gasteiger partial charge in [0.2, 0.25) is 0 Å². The molecule has 0 aliphatic heterocycles. The summed E-state index contributed by atoms with van der Waals surface area (Å²) >= 11 is 5.24. The second-order valence-electron chi connectivity index (χ2n) is 4.78. The number of hydrogen-bond donors (Lipinski definition) is 1. The predicted molar refractivity (Wildman–Crippen MR) is 71.2 cm³/mol. The van der Waals surface area contributed by atoms with Crippen LogP contribution >= 0.6 is 12.2 Å². The molecule has 18 heavy (non-hydrogen) atoms. The Bertz CT molecular complexity index is 628. The summed E-state index contributed by atoms with van der Waals surface area (Å²) in [7, 11) is 0. The first-order valence-corrected chi connectivity index (χ1v) is 6.46. The van der Waals surface area contributed by atoms with Gasteiger partial charge in [0.15, 0.2) is 16.4 Å². The normalized spacial score (nSPS) is 13.4. The molecule has 0 bridgehead atoms. The summed E-state index contributed by atoms with van der Waals surface area (Å²) in [6.07, 6.45) is 0.814. The number of hydrogen-bond acceptors (Lipinski definition) is 1. The van der Waals surface area contributed by atoms with Crippen LogP contribution in [0.25, 0.3) is 11.0 Å². The third-order valence-electron chi connectivity index (χ3n) is 3.29. The van der Waals surface area contributed by atoms with E-state index in [9.17, 15) is 8.78 Å². The average Bonchev–Trinajstić information content (AvgIpc) is 2.63. The number of aromatic amines is 1. The highest BCUT2D eigenvalue weighted by Gasteiger charge is 2.21. The minimum absolute atomic E-state index is 0.0579. The molecule has 0 aliphatic rings. The van der Waals surface area contributed by atoms with Gasteiger partial charge in [-0.25, -0.2) is 8.78 Å². The number of H-pyrrole nitrogens is 1. The lowest BCUT2D eigenvalue weighted by Gasteiger charge is -2.21. The van der Waals surface area contributed by atoms with Crippen molar-refractivity contribution in [3.8, 4) is 0 Å². The Kier molecular flexibility index (Phi) is 3.52. The van der Waals surface area contributed by atoms with Crippen LogP contribution in [0.5, 0.6) is 0 Å². The molecule has 1 N–H and O–H groups in total. The summed E-state index contributed by atoms with van der Waals surface area (Å²) in [5.74, 6) is -1.38. The molecule has 0 fully saturated rings. The lowest BCUT2D eigenvalue weighted by Crippen LogP contribution is -2.15. The quantitative estimate of drug-likeness (QED) is 0.809. The van der Waals surface area contributed by atoms with Crippen molar-refractivity contribution in [2.24, 2.45) is 5.92 Å². The molecule has 1 aromatic heterocycles. The SMILES string of the molecule is CCC(C(C)C)n1c(=S)[nH]c2ccc(F)c(F)c21. The van der Waals surface area contributed by atoms with E-state index in [0.717, 1.165) is 12.5 Å². The van der Waals surface area contributed by atoms with E-state index < -0.39 is 11.6 Å². The predicted octanol–water partition coefficient (Wildman–Crippen LogP) is 4.58. The summed E-state index contributed by atoms with van der Waals surface area (Å²) in [4.78, 5) is 2.94. The highest BCUT2D eigenvalue weighted by Crippen LogP contribution is 2.29. The molecule has 2 rings (SSSR count). The fourth-order valence-electron chi connectivity index (χ4n) is 2.42. The molecule has 98 valence electrons. The largest absolute Gasteiger partial charge is 0.330 e. The van der Waals surface area contributed by atoms with Gasteiger partial charge in [0, 0.05) is 6.04 Å². The fourth-order valence-corrected chi connectivity index (χ4v) is 2.76. The van der Waals surface area contributed by atoms with Gasteiger partial charge in [-0.1, -0.05) is 20.8 Å². The molecule has 5 heteroatoms. The first-order valence-electron chi connectivity index (χ1n) is 6.05. The van der Waals surface area contributed by atoms with Crippen LogP contribution in [0.2, 0.25) is 0 Å². The van der Waals surface area contributed by atoms with E-state index in [1.54, 1.807) is 4.57 Å². The number of rotatable bonds is 3. The maximum Gasteiger partial charge on any atom is 0.184 e. The Morgan fingerprint density at radius 1 is 1.33 bits per heavy atom. The number of aromatic nitrogens is 2. The number of benzene rings is 1. The van der Waals surface area contributed by atoms with Crippen LogP contribution in [-0.2, 0) is 0 Å². The third kappa shape index (κ3) is 1.96. The maximum atomic E-state index is 14.0. The molecule has 0 radical (unpaired) electrons. The van der Waals surface area contributed by atoms with Crippen molar-refractivity contribution in [1.82, 2.24) is 9.55 Å². The molecule has 0 saturated carbocycles. The van der Waals surface area contributed by atoms with Crippen molar-refractivity contribution >= 4 is 23.3 Å². The van der Waals surface area contributed by atoms with E-state index in [1.807, 2.05) is 20.8 Å². The van der Waals surface area contributed by atoms with Crippen LogP contribution in [0, 0.1) is 22.3 Å². The lowest BCUT2D eigenvalue weighted by atomic mass is 10.0. The second-order valence-corrected chi connectivity index (χ2v) is 5.16. The van der Waals surface area contributed by atoms with Crippen LogP contribution < -0.4 is 0 Å². The molecular formula is C13H16F2N2S. The Hall–Kier alpha value is -1.23. The number of halogens is 2. The Morgan fingerprint density at radius 2 is 2.00 bits per heavy atom. The van der Waals surface area contributed by atoms with Crippen molar-refractivity contribution < 1.29 is 8.78 Å². The monoisotopic (exact) mass is 270 g/mol. The van der Waals surface area contributed by atoms with E-state index in [0.29, 0.717) is 16.2 Å². The van der Waals surface area contributed by atoms with Crippen molar-refractivity contribution in [3.05, 3.63) is 28.5 Å². The van der Waals surface area contributed by atoms with Gasteiger partial charge in [0.1, 0.15) is 5.52 Å². The Labute approximate surface area is 110 Å². The number of imidazole rings is 1. The third-order valence-corrected chi connectivity index (χ3v) is 3.59. The Balaban J connectivity index is 2.81. The molecule has 0 aliphatic carbocycles. The highest BCUT2D eigenvalue weighted by atomic mass is 32.1. The molecule has 1 atom stereocenters. The minimum atomic E-state index is -0.844. The molecule has 2 aromatic rings. The smallest absolute Gasteiger partial charge is 0.184 e. The zero-order valence-electron chi connectivity index (χ0n) is 10.6. The van der Waals surface area contributed by atoms with Crippen LogP contribution in [0.3, 0.4) is 0 Å². The minimum Gasteiger partial charge on any atom is -0.330 e. The second kappa shape index (κ2) is 4.80. The maximum absolute atomic E-state index is 14.0. The molecule has 2 nitrogen and oxygen atoms in total. The van der Waals surface area contributed by atoms with Crippen molar-refractivity contribution in [2.45, 2.75) is 33.2 Å². The van der Waals surface area contributed by atoms with Crippen LogP contribution in [0.15, 0.2) is 12.1 Å². The molecule has 0 saturated heterocycles. The molecule has 0 amide bonds. The average molecular weight is 270 g/mol. The van der Waals surface area contributed by atoms with E-state index in [4.69, 9.17) is 12.2 Å². The molecule has 1 unspecified atom stereocenters. The zero-order chi connectivity index (χ0) is 13.4. The van der Waals surface area contributed by atoms with E-state index in [1.165, 1.54) is 6.07 Å². The first-order chi connectivity index (χ1) is 8.47. The lowest BCUT2D eigenvalue weighted by molar-refractivity contribution is 0.367. The van der Waals surface area contributed by atoms with Crippen LogP contribution in [0.1, 0.15) is 33.2 Å². The van der Waals surface area contributed by atoms with Gasteiger partial charge in [-0.15, -0.1) is 0 Å². The van der Waals surface area contributed by atoms with Crippen LogP contribution in [0.4, 0.5) is 8.78 Å². The van der Waals surface area contributed by atoms with Crippen molar-refractivity contribution in [2.75, 3.05) is 0 Å². The van der Waals surface area contributed by atoms with Gasteiger partial charge >= 0.3 is 0 Å². The summed E-state index contributed by atoms with van der Waals surface area (Å²) < 4.78 is 29.5. The van der Waals surface area contributed by atoms with E-state index in [-0.39, 0.29) is 11.6 Å². The topological polar surface area (TPSA) is 20.7 Å². The molecule has 1 heterocycles. The first kappa shape index (κ1) is 13.2. The van der Waals surface area contributed by atoms with Gasteiger partial charge in [0.25, 0.3) is 0 Å². The number of fused-ring (bicyclic) bond motifs is 1. The van der Waals surface area contributed by atoms with Gasteiger partial charge in [-0.2, -0.15) is 0 Å². The van der Waals surface area contributed by atoms with Gasteiger partial charge < -0.3 is 9.55 Å². The number of nitrogens with zero attached hydrogens (tertiary/aromatic N) is 1. The molecule has 0 spiro atoms.